The summed E-state index contributed by atoms with van der Waals surface area (Å²) in [7, 11) is 0. The van der Waals surface area contributed by atoms with Crippen LogP contribution in [0, 0.1) is 0 Å². The molecule has 3 aromatic carbocycles. The van der Waals surface area contributed by atoms with Crippen LogP contribution in [0.5, 0.6) is 11.5 Å². The van der Waals surface area contributed by atoms with Crippen molar-refractivity contribution < 1.29 is 19.1 Å². The van der Waals surface area contributed by atoms with E-state index in [0.717, 1.165) is 22.0 Å². The van der Waals surface area contributed by atoms with E-state index in [9.17, 15) is 9.59 Å². The summed E-state index contributed by atoms with van der Waals surface area (Å²) in [6, 6.07) is 22.3. The summed E-state index contributed by atoms with van der Waals surface area (Å²) >= 11 is 1.37. The molecule has 1 N–H and O–H groups in total. The van der Waals surface area contributed by atoms with Crippen molar-refractivity contribution in [2.45, 2.75) is 11.8 Å². The van der Waals surface area contributed by atoms with Gasteiger partial charge >= 0.3 is 5.97 Å². The molecule has 5 nitrogen and oxygen atoms in total. The Hall–Kier alpha value is -3.51. The topological polar surface area (TPSA) is 64.6 Å². The summed E-state index contributed by atoms with van der Waals surface area (Å²) in [5, 5.41) is 2.85. The van der Waals surface area contributed by atoms with E-state index in [4.69, 9.17) is 9.47 Å². The minimum atomic E-state index is -0.404. The maximum atomic E-state index is 12.5. The molecule has 0 atom stereocenters. The fraction of sp³-hybridized carbons (Fsp3) is 0.0833. The van der Waals surface area contributed by atoms with Crippen LogP contribution in [0.15, 0.2) is 82.6 Å². The zero-order valence-electron chi connectivity index (χ0n) is 16.3. The molecule has 150 valence electrons. The molecule has 0 saturated heterocycles. The first-order chi connectivity index (χ1) is 14.6. The second-order valence-electron chi connectivity index (χ2n) is 6.48. The highest BCUT2D eigenvalue weighted by atomic mass is 32.2. The maximum Gasteiger partial charge on any atom is 0.338 e. The van der Waals surface area contributed by atoms with Crippen LogP contribution < -0.4 is 10.1 Å². The molecule has 6 heteroatoms. The van der Waals surface area contributed by atoms with Crippen molar-refractivity contribution in [1.82, 2.24) is 0 Å². The third-order valence-corrected chi connectivity index (χ3v) is 5.44. The number of fused-ring (bicyclic) bond motifs is 1. The van der Waals surface area contributed by atoms with Gasteiger partial charge in [-0.3, -0.25) is 4.79 Å². The van der Waals surface area contributed by atoms with Crippen molar-refractivity contribution in [2.75, 3.05) is 11.9 Å². The molecule has 30 heavy (non-hydrogen) atoms. The predicted molar refractivity (Wildman–Crippen MR) is 118 cm³/mol. The lowest BCUT2D eigenvalue weighted by Crippen LogP contribution is -2.18. The third-order valence-electron chi connectivity index (χ3n) is 4.34. The highest BCUT2D eigenvalue weighted by Gasteiger charge is 2.22. The number of rotatable bonds is 5. The fourth-order valence-corrected chi connectivity index (χ4v) is 3.84. The first-order valence-electron chi connectivity index (χ1n) is 9.47. The van der Waals surface area contributed by atoms with Crippen molar-refractivity contribution in [3.05, 3.63) is 88.8 Å². The van der Waals surface area contributed by atoms with Gasteiger partial charge in [-0.25, -0.2) is 4.79 Å². The lowest BCUT2D eigenvalue weighted by molar-refractivity contribution is -0.112. The molecule has 3 aromatic rings. The zero-order chi connectivity index (χ0) is 20.9. The van der Waals surface area contributed by atoms with Gasteiger partial charge in [-0.1, -0.05) is 42.1 Å². The number of hydrogen-bond acceptors (Lipinski definition) is 5. The Labute approximate surface area is 178 Å². The lowest BCUT2D eigenvalue weighted by atomic mass is 10.2. The number of hydrogen-bond donors (Lipinski definition) is 1. The number of esters is 1. The number of amides is 1. The van der Waals surface area contributed by atoms with E-state index < -0.39 is 5.97 Å². The first-order valence-corrected chi connectivity index (χ1v) is 10.3. The van der Waals surface area contributed by atoms with Crippen LogP contribution in [0.4, 0.5) is 5.69 Å². The Balaban J connectivity index is 1.49. The van der Waals surface area contributed by atoms with Crippen molar-refractivity contribution in [1.29, 1.82) is 0 Å². The molecule has 0 saturated carbocycles. The van der Waals surface area contributed by atoms with Gasteiger partial charge < -0.3 is 14.8 Å². The van der Waals surface area contributed by atoms with E-state index in [0.29, 0.717) is 22.8 Å². The summed E-state index contributed by atoms with van der Waals surface area (Å²) in [6.07, 6.45) is 1.83. The summed E-state index contributed by atoms with van der Waals surface area (Å²) in [5.74, 6) is 0.877. The standard InChI is InChI=1S/C24H19NO4S/c1-2-28-24(27)17-10-13-21-20(15-17)25-23(26)22(30-21)14-16-8-11-19(12-9-16)29-18-6-4-3-5-7-18/h3-15H,2H2,1H3,(H,25,26). The van der Waals surface area contributed by atoms with Crippen LogP contribution in [0.2, 0.25) is 0 Å². The summed E-state index contributed by atoms with van der Waals surface area (Å²) in [4.78, 5) is 25.9. The van der Waals surface area contributed by atoms with Gasteiger partial charge in [-0.15, -0.1) is 0 Å². The Kier molecular flexibility index (Phi) is 5.86. The second-order valence-corrected chi connectivity index (χ2v) is 7.56. The largest absolute Gasteiger partial charge is 0.462 e. The van der Waals surface area contributed by atoms with Gasteiger partial charge in [0.05, 0.1) is 22.8 Å². The average molecular weight is 417 g/mol. The zero-order valence-corrected chi connectivity index (χ0v) is 17.1. The molecule has 0 aliphatic carbocycles. The highest BCUT2D eigenvalue weighted by Crippen LogP contribution is 2.39. The van der Waals surface area contributed by atoms with Crippen LogP contribution >= 0.6 is 11.8 Å². The molecule has 1 aliphatic rings. The second kappa shape index (κ2) is 8.88. The van der Waals surface area contributed by atoms with Crippen molar-refractivity contribution in [3.8, 4) is 11.5 Å². The third kappa shape index (κ3) is 4.55. The average Bonchev–Trinajstić information content (AvgIpc) is 2.76. The normalized spacial score (nSPS) is 14.0. The Morgan fingerprint density at radius 2 is 1.73 bits per heavy atom. The number of thioether (sulfide) groups is 1. The van der Waals surface area contributed by atoms with Gasteiger partial charge in [0, 0.05) is 4.90 Å². The quantitative estimate of drug-likeness (QED) is 0.424. The number of benzene rings is 3. The minimum absolute atomic E-state index is 0.210. The van der Waals surface area contributed by atoms with Crippen LogP contribution in [0.1, 0.15) is 22.8 Å². The molecule has 1 heterocycles. The molecule has 0 radical (unpaired) electrons. The molecule has 1 amide bonds. The van der Waals surface area contributed by atoms with Crippen LogP contribution in [-0.2, 0) is 9.53 Å². The van der Waals surface area contributed by atoms with E-state index in [1.54, 1.807) is 19.1 Å². The molecular weight excluding hydrogens is 398 g/mol. The molecule has 0 aromatic heterocycles. The van der Waals surface area contributed by atoms with Gasteiger partial charge in [-0.05, 0) is 61.0 Å². The number of carbonyl (C=O) groups is 2. The van der Waals surface area contributed by atoms with E-state index in [2.05, 4.69) is 5.32 Å². The lowest BCUT2D eigenvalue weighted by Gasteiger charge is -2.19. The van der Waals surface area contributed by atoms with E-state index in [-0.39, 0.29) is 5.91 Å². The minimum Gasteiger partial charge on any atom is -0.462 e. The SMILES string of the molecule is CCOC(=O)c1ccc2c(c1)NC(=O)C(=Cc1ccc(Oc3ccccc3)cc1)S2. The molecule has 4 rings (SSSR count). The molecule has 0 fully saturated rings. The molecule has 0 spiro atoms. The Morgan fingerprint density at radius 3 is 2.47 bits per heavy atom. The predicted octanol–water partition coefficient (Wildman–Crippen LogP) is 5.74. The fourth-order valence-electron chi connectivity index (χ4n) is 2.91. The monoisotopic (exact) mass is 417 g/mol. The highest BCUT2D eigenvalue weighted by molar-refractivity contribution is 8.04. The molecular formula is C24H19NO4S. The Bertz CT molecular complexity index is 1110. The van der Waals surface area contributed by atoms with Crippen LogP contribution in [-0.4, -0.2) is 18.5 Å². The molecule has 0 bridgehead atoms. The van der Waals surface area contributed by atoms with Crippen LogP contribution in [0.3, 0.4) is 0 Å². The van der Waals surface area contributed by atoms with Gasteiger partial charge in [0.25, 0.3) is 5.91 Å². The Morgan fingerprint density at radius 1 is 1.00 bits per heavy atom. The van der Waals surface area contributed by atoms with Gasteiger partial charge in [0.2, 0.25) is 0 Å². The van der Waals surface area contributed by atoms with Gasteiger partial charge in [0.15, 0.2) is 0 Å². The van der Waals surface area contributed by atoms with E-state index in [1.807, 2.05) is 66.7 Å². The van der Waals surface area contributed by atoms with Crippen molar-refractivity contribution in [2.24, 2.45) is 0 Å². The van der Waals surface area contributed by atoms with Crippen molar-refractivity contribution >= 4 is 35.4 Å². The molecule has 1 aliphatic heterocycles. The van der Waals surface area contributed by atoms with E-state index in [1.165, 1.54) is 11.8 Å². The van der Waals surface area contributed by atoms with Crippen LogP contribution in [0.25, 0.3) is 6.08 Å². The number of ether oxygens (including phenoxy) is 2. The summed E-state index contributed by atoms with van der Waals surface area (Å²) < 4.78 is 10.8. The van der Waals surface area contributed by atoms with Gasteiger partial charge in [0.1, 0.15) is 11.5 Å². The number of nitrogens with one attached hydrogen (secondary N) is 1. The smallest absolute Gasteiger partial charge is 0.338 e. The number of para-hydroxylation sites is 1. The maximum absolute atomic E-state index is 12.5. The summed E-state index contributed by atoms with van der Waals surface area (Å²) in [5.41, 5.74) is 1.91. The first kappa shape index (κ1) is 19.8. The molecule has 0 unspecified atom stereocenters. The summed E-state index contributed by atoms with van der Waals surface area (Å²) in [6.45, 7) is 2.06. The van der Waals surface area contributed by atoms with Crippen molar-refractivity contribution in [3.63, 3.8) is 0 Å². The van der Waals surface area contributed by atoms with Gasteiger partial charge in [-0.2, -0.15) is 0 Å². The number of anilines is 1. The van der Waals surface area contributed by atoms with E-state index >= 15 is 0 Å². The number of carbonyl (C=O) groups excluding carboxylic acids is 2.